The Hall–Kier alpha value is -2.69. The van der Waals surface area contributed by atoms with E-state index in [1.54, 1.807) is 19.1 Å². The summed E-state index contributed by atoms with van der Waals surface area (Å²) in [4.78, 5) is 23.6. The second-order valence-corrected chi connectivity index (χ2v) is 6.21. The number of carbonyl (C=O) groups excluding carboxylic acids is 1. The van der Waals surface area contributed by atoms with Gasteiger partial charge in [-0.2, -0.15) is 0 Å². The predicted molar refractivity (Wildman–Crippen MR) is 93.5 cm³/mol. The molecule has 2 unspecified atom stereocenters. The van der Waals surface area contributed by atoms with Gasteiger partial charge in [0.2, 0.25) is 5.91 Å². The maximum Gasteiger partial charge on any atom is 0.308 e. The monoisotopic (exact) mass is 343 g/mol. The summed E-state index contributed by atoms with van der Waals surface area (Å²) in [7, 11) is 0. The molecule has 5 heteroatoms. The Labute approximate surface area is 146 Å². The predicted octanol–water partition coefficient (Wildman–Crippen LogP) is 3.06. The van der Waals surface area contributed by atoms with Crippen LogP contribution in [0.2, 0.25) is 0 Å². The van der Waals surface area contributed by atoms with Gasteiger partial charge in [-0.25, -0.2) is 4.39 Å². The largest absolute Gasteiger partial charge is 0.481 e. The number of carboxylic acid groups (broad SMARTS) is 1. The standard InChI is InChI=1S/C20H22FNO3/c1-14(10-16-8-5-9-18(21)12-16)19(23)22-13-17(20(24)25)11-15-6-3-2-4-7-15/h2-9,12,14,17H,10-11,13H2,1H3,(H,22,23)(H,24,25). The summed E-state index contributed by atoms with van der Waals surface area (Å²) in [5.74, 6) is -2.56. The highest BCUT2D eigenvalue weighted by Gasteiger charge is 2.21. The number of nitrogens with one attached hydrogen (secondary N) is 1. The molecule has 2 atom stereocenters. The Morgan fingerprint density at radius 2 is 1.72 bits per heavy atom. The van der Waals surface area contributed by atoms with Gasteiger partial charge in [-0.3, -0.25) is 9.59 Å². The molecule has 0 aliphatic rings. The average molecular weight is 343 g/mol. The molecule has 0 heterocycles. The highest BCUT2D eigenvalue weighted by Crippen LogP contribution is 2.12. The zero-order valence-electron chi connectivity index (χ0n) is 14.1. The smallest absolute Gasteiger partial charge is 0.308 e. The normalized spacial score (nSPS) is 13.0. The molecular formula is C20H22FNO3. The summed E-state index contributed by atoms with van der Waals surface area (Å²) in [6.45, 7) is 1.81. The number of aliphatic carboxylic acids is 1. The minimum atomic E-state index is -0.943. The van der Waals surface area contributed by atoms with Gasteiger partial charge in [0.25, 0.3) is 0 Å². The van der Waals surface area contributed by atoms with Crippen molar-refractivity contribution in [1.82, 2.24) is 5.32 Å². The Morgan fingerprint density at radius 3 is 2.36 bits per heavy atom. The summed E-state index contributed by atoms with van der Waals surface area (Å²) in [6.07, 6.45) is 0.759. The fourth-order valence-corrected chi connectivity index (χ4v) is 2.65. The van der Waals surface area contributed by atoms with Crippen LogP contribution in [0.3, 0.4) is 0 Å². The zero-order valence-corrected chi connectivity index (χ0v) is 14.1. The number of rotatable bonds is 8. The molecule has 25 heavy (non-hydrogen) atoms. The van der Waals surface area contributed by atoms with Crippen molar-refractivity contribution >= 4 is 11.9 Å². The van der Waals surface area contributed by atoms with Gasteiger partial charge in [-0.15, -0.1) is 0 Å². The lowest BCUT2D eigenvalue weighted by Gasteiger charge is -2.16. The molecule has 1 amide bonds. The second kappa shape index (κ2) is 8.97. The van der Waals surface area contributed by atoms with Crippen molar-refractivity contribution in [2.24, 2.45) is 11.8 Å². The van der Waals surface area contributed by atoms with E-state index in [1.807, 2.05) is 30.3 Å². The van der Waals surface area contributed by atoms with Gasteiger partial charge in [-0.1, -0.05) is 49.4 Å². The topological polar surface area (TPSA) is 66.4 Å². The van der Waals surface area contributed by atoms with Crippen LogP contribution in [0.25, 0.3) is 0 Å². The molecule has 0 spiro atoms. The van der Waals surface area contributed by atoms with Crippen LogP contribution in [0.4, 0.5) is 4.39 Å². The van der Waals surface area contributed by atoms with E-state index in [0.717, 1.165) is 11.1 Å². The van der Waals surface area contributed by atoms with Crippen LogP contribution < -0.4 is 5.32 Å². The van der Waals surface area contributed by atoms with E-state index in [4.69, 9.17) is 0 Å². The molecule has 4 nitrogen and oxygen atoms in total. The highest BCUT2D eigenvalue weighted by molar-refractivity contribution is 5.79. The number of carboxylic acids is 1. The Balaban J connectivity index is 1.88. The zero-order chi connectivity index (χ0) is 18.2. The first-order valence-electron chi connectivity index (χ1n) is 8.24. The van der Waals surface area contributed by atoms with E-state index in [0.29, 0.717) is 12.8 Å². The van der Waals surface area contributed by atoms with E-state index in [-0.39, 0.29) is 24.2 Å². The van der Waals surface area contributed by atoms with Gasteiger partial charge < -0.3 is 10.4 Å². The van der Waals surface area contributed by atoms with E-state index in [1.165, 1.54) is 12.1 Å². The lowest BCUT2D eigenvalue weighted by molar-refractivity contribution is -0.141. The van der Waals surface area contributed by atoms with Crippen LogP contribution in [-0.2, 0) is 22.4 Å². The highest BCUT2D eigenvalue weighted by atomic mass is 19.1. The molecular weight excluding hydrogens is 321 g/mol. The minimum Gasteiger partial charge on any atom is -0.481 e. The van der Waals surface area contributed by atoms with Gasteiger partial charge in [0.1, 0.15) is 5.82 Å². The third-order valence-electron chi connectivity index (χ3n) is 4.08. The molecule has 132 valence electrons. The number of hydrogen-bond acceptors (Lipinski definition) is 2. The molecule has 0 aliphatic carbocycles. The van der Waals surface area contributed by atoms with Crippen molar-refractivity contribution in [1.29, 1.82) is 0 Å². The molecule has 2 rings (SSSR count). The fraction of sp³-hybridized carbons (Fsp3) is 0.300. The minimum absolute atomic E-state index is 0.0660. The van der Waals surface area contributed by atoms with Gasteiger partial charge >= 0.3 is 5.97 Å². The number of amides is 1. The van der Waals surface area contributed by atoms with Crippen LogP contribution in [0.5, 0.6) is 0 Å². The summed E-state index contributed by atoms with van der Waals surface area (Å²) < 4.78 is 13.2. The van der Waals surface area contributed by atoms with E-state index in [2.05, 4.69) is 5.32 Å². The van der Waals surface area contributed by atoms with Crippen LogP contribution in [0, 0.1) is 17.7 Å². The van der Waals surface area contributed by atoms with E-state index < -0.39 is 11.9 Å². The average Bonchev–Trinajstić information content (AvgIpc) is 2.59. The van der Waals surface area contributed by atoms with Gasteiger partial charge in [0.15, 0.2) is 0 Å². The van der Waals surface area contributed by atoms with Crippen molar-refractivity contribution in [3.8, 4) is 0 Å². The summed E-state index contributed by atoms with van der Waals surface area (Å²) in [6, 6.07) is 15.4. The van der Waals surface area contributed by atoms with Crippen LogP contribution >= 0.6 is 0 Å². The Kier molecular flexibility index (Phi) is 6.69. The van der Waals surface area contributed by atoms with Gasteiger partial charge in [-0.05, 0) is 36.1 Å². The third kappa shape index (κ3) is 6.03. The van der Waals surface area contributed by atoms with Gasteiger partial charge in [0, 0.05) is 12.5 Å². The quantitative estimate of drug-likeness (QED) is 0.774. The van der Waals surface area contributed by atoms with Crippen LogP contribution in [0.15, 0.2) is 54.6 Å². The maximum atomic E-state index is 13.2. The lowest BCUT2D eigenvalue weighted by atomic mass is 9.98. The van der Waals surface area contributed by atoms with E-state index in [9.17, 15) is 19.1 Å². The first-order chi connectivity index (χ1) is 12.0. The van der Waals surface area contributed by atoms with Crippen LogP contribution in [0.1, 0.15) is 18.1 Å². The summed E-state index contributed by atoms with van der Waals surface area (Å²) >= 11 is 0. The van der Waals surface area contributed by atoms with E-state index >= 15 is 0 Å². The van der Waals surface area contributed by atoms with Crippen molar-refractivity contribution in [3.05, 3.63) is 71.5 Å². The molecule has 0 radical (unpaired) electrons. The van der Waals surface area contributed by atoms with Crippen molar-refractivity contribution in [3.63, 3.8) is 0 Å². The molecule has 0 aliphatic heterocycles. The molecule has 2 N–H and O–H groups in total. The number of hydrogen-bond donors (Lipinski definition) is 2. The summed E-state index contributed by atoms with van der Waals surface area (Å²) in [5, 5.41) is 12.1. The number of benzene rings is 2. The third-order valence-corrected chi connectivity index (χ3v) is 4.08. The molecule has 2 aromatic carbocycles. The molecule has 0 saturated carbocycles. The number of carbonyl (C=O) groups is 2. The molecule has 2 aromatic rings. The molecule has 0 bridgehead atoms. The first-order valence-corrected chi connectivity index (χ1v) is 8.24. The fourth-order valence-electron chi connectivity index (χ4n) is 2.65. The Morgan fingerprint density at radius 1 is 1.04 bits per heavy atom. The van der Waals surface area contributed by atoms with Crippen LogP contribution in [-0.4, -0.2) is 23.5 Å². The lowest BCUT2D eigenvalue weighted by Crippen LogP contribution is -2.37. The van der Waals surface area contributed by atoms with Crippen molar-refractivity contribution in [2.75, 3.05) is 6.54 Å². The Bertz CT molecular complexity index is 718. The number of halogens is 1. The van der Waals surface area contributed by atoms with Crippen molar-refractivity contribution < 1.29 is 19.1 Å². The van der Waals surface area contributed by atoms with Gasteiger partial charge in [0.05, 0.1) is 5.92 Å². The first kappa shape index (κ1) is 18.6. The SMILES string of the molecule is CC(Cc1cccc(F)c1)C(=O)NCC(Cc1ccccc1)C(=O)O. The molecule has 0 fully saturated rings. The molecule has 0 saturated heterocycles. The maximum absolute atomic E-state index is 13.2. The second-order valence-electron chi connectivity index (χ2n) is 6.21. The van der Waals surface area contributed by atoms with Crippen molar-refractivity contribution in [2.45, 2.75) is 19.8 Å². The summed E-state index contributed by atoms with van der Waals surface area (Å²) in [5.41, 5.74) is 1.65. The molecule has 0 aromatic heterocycles.